The van der Waals surface area contributed by atoms with E-state index in [0.29, 0.717) is 11.2 Å². The zero-order valence-electron chi connectivity index (χ0n) is 12.3. The van der Waals surface area contributed by atoms with E-state index in [1.165, 1.54) is 11.3 Å². The number of anilines is 1. The molecule has 0 saturated carbocycles. The van der Waals surface area contributed by atoms with Crippen LogP contribution >= 0.6 is 11.3 Å². The number of amides is 1. The summed E-state index contributed by atoms with van der Waals surface area (Å²) in [5, 5.41) is 3.70. The molecule has 2 aliphatic heterocycles. The molecule has 116 valence electrons. The first kappa shape index (κ1) is 14.1. The predicted octanol–water partition coefficient (Wildman–Crippen LogP) is 2.49. The first-order valence-electron chi connectivity index (χ1n) is 7.81. The number of likely N-dealkylation sites (tertiary alicyclic amines) is 1. The van der Waals surface area contributed by atoms with Crippen LogP contribution in [0.5, 0.6) is 0 Å². The second-order valence-corrected chi connectivity index (χ2v) is 6.89. The summed E-state index contributed by atoms with van der Waals surface area (Å²) in [4.78, 5) is 19.3. The Morgan fingerprint density at radius 3 is 2.82 bits per heavy atom. The fourth-order valence-electron chi connectivity index (χ4n) is 3.26. The van der Waals surface area contributed by atoms with Gasteiger partial charge in [-0.2, -0.15) is 0 Å². The molecule has 2 aliphatic rings. The van der Waals surface area contributed by atoms with Crippen molar-refractivity contribution in [2.24, 2.45) is 0 Å². The number of hydrogen-bond acceptors (Lipinski definition) is 5. The Hall–Kier alpha value is -1.50. The van der Waals surface area contributed by atoms with E-state index >= 15 is 0 Å². The Balaban J connectivity index is 1.43. The molecule has 2 aromatic rings. The van der Waals surface area contributed by atoms with Gasteiger partial charge in [0.2, 0.25) is 5.91 Å². The van der Waals surface area contributed by atoms with Crippen molar-refractivity contribution in [3.05, 3.63) is 24.3 Å². The number of para-hydroxylation sites is 1. The summed E-state index contributed by atoms with van der Waals surface area (Å²) in [7, 11) is 0. The van der Waals surface area contributed by atoms with Crippen molar-refractivity contribution in [3.8, 4) is 0 Å². The lowest BCUT2D eigenvalue weighted by Gasteiger charge is -2.46. The Morgan fingerprint density at radius 2 is 2.09 bits per heavy atom. The molecule has 2 saturated heterocycles. The van der Waals surface area contributed by atoms with Gasteiger partial charge in [-0.05, 0) is 31.4 Å². The van der Waals surface area contributed by atoms with Gasteiger partial charge in [0.05, 0.1) is 16.3 Å². The highest BCUT2D eigenvalue weighted by Gasteiger charge is 2.39. The molecule has 1 amide bonds. The van der Waals surface area contributed by atoms with Crippen LogP contribution in [0.4, 0.5) is 5.13 Å². The van der Waals surface area contributed by atoms with Crippen LogP contribution in [-0.4, -0.2) is 47.6 Å². The van der Waals surface area contributed by atoms with E-state index in [1.54, 1.807) is 0 Å². The highest BCUT2D eigenvalue weighted by molar-refractivity contribution is 7.22. The maximum Gasteiger partial charge on any atom is 0.243 e. The second-order valence-electron chi connectivity index (χ2n) is 5.86. The molecule has 1 aromatic carbocycles. The van der Waals surface area contributed by atoms with Crippen LogP contribution in [0, 0.1) is 0 Å². The Kier molecular flexibility index (Phi) is 3.82. The predicted molar refractivity (Wildman–Crippen MR) is 87.2 cm³/mol. The molecule has 0 spiro atoms. The minimum atomic E-state index is -0.00453. The number of nitrogens with zero attached hydrogens (tertiary/aromatic N) is 2. The van der Waals surface area contributed by atoms with Crippen molar-refractivity contribution in [2.75, 3.05) is 25.1 Å². The number of carbonyl (C=O) groups excluding carboxylic acids is 1. The maximum atomic E-state index is 12.5. The number of rotatable bonds is 3. The molecule has 0 bridgehead atoms. The molecule has 1 unspecified atom stereocenters. The summed E-state index contributed by atoms with van der Waals surface area (Å²) in [6.45, 7) is 2.64. The summed E-state index contributed by atoms with van der Waals surface area (Å²) in [5.74, 6) is 0.0804. The summed E-state index contributed by atoms with van der Waals surface area (Å²) in [6, 6.07) is 8.44. The summed E-state index contributed by atoms with van der Waals surface area (Å²) in [5.41, 5.74) is 0.942. The third kappa shape index (κ3) is 2.62. The Morgan fingerprint density at radius 1 is 1.27 bits per heavy atom. The number of thiazole rings is 1. The number of fused-ring (bicyclic) bond motifs is 1. The molecule has 1 aromatic heterocycles. The molecule has 0 aliphatic carbocycles. The van der Waals surface area contributed by atoms with Gasteiger partial charge in [0.25, 0.3) is 0 Å². The topological polar surface area (TPSA) is 54.5 Å². The fraction of sp³-hybridized carbons (Fsp3) is 0.500. The Bertz CT molecular complexity index is 648. The van der Waals surface area contributed by atoms with Gasteiger partial charge in [-0.15, -0.1) is 0 Å². The normalized spacial score (nSPS) is 23.4. The van der Waals surface area contributed by atoms with E-state index < -0.39 is 0 Å². The molecule has 6 heteroatoms. The highest BCUT2D eigenvalue weighted by atomic mass is 32.1. The van der Waals surface area contributed by atoms with Crippen LogP contribution in [0.1, 0.15) is 19.3 Å². The number of nitrogens with one attached hydrogen (secondary N) is 1. The van der Waals surface area contributed by atoms with Crippen molar-refractivity contribution in [3.63, 3.8) is 0 Å². The molecular weight excluding hydrogens is 298 g/mol. The molecular formula is C16H19N3O2S. The highest BCUT2D eigenvalue weighted by Crippen LogP contribution is 2.29. The van der Waals surface area contributed by atoms with E-state index in [0.717, 1.165) is 49.2 Å². The summed E-state index contributed by atoms with van der Waals surface area (Å²) < 4.78 is 6.51. The molecule has 1 N–H and O–H groups in total. The van der Waals surface area contributed by atoms with E-state index in [1.807, 2.05) is 24.3 Å². The van der Waals surface area contributed by atoms with Gasteiger partial charge in [0.15, 0.2) is 5.13 Å². The van der Waals surface area contributed by atoms with Gasteiger partial charge in [-0.1, -0.05) is 23.5 Å². The lowest BCUT2D eigenvalue weighted by molar-refractivity contribution is -0.129. The van der Waals surface area contributed by atoms with Crippen molar-refractivity contribution >= 4 is 32.6 Å². The van der Waals surface area contributed by atoms with Gasteiger partial charge < -0.3 is 10.1 Å². The van der Waals surface area contributed by atoms with Gasteiger partial charge in [0.1, 0.15) is 0 Å². The maximum absolute atomic E-state index is 12.5. The summed E-state index contributed by atoms with van der Waals surface area (Å²) in [6.07, 6.45) is 3.00. The van der Waals surface area contributed by atoms with Crippen LogP contribution in [-0.2, 0) is 9.53 Å². The monoisotopic (exact) mass is 317 g/mol. The molecule has 4 rings (SSSR count). The lowest BCUT2D eigenvalue weighted by atomic mass is 9.95. The minimum Gasteiger partial charge on any atom is -0.381 e. The van der Waals surface area contributed by atoms with Crippen LogP contribution in [0.15, 0.2) is 24.3 Å². The van der Waals surface area contributed by atoms with E-state index in [2.05, 4.69) is 15.2 Å². The van der Waals surface area contributed by atoms with Gasteiger partial charge in [-0.3, -0.25) is 9.69 Å². The minimum absolute atomic E-state index is 0.00453. The van der Waals surface area contributed by atoms with Crippen molar-refractivity contribution in [2.45, 2.75) is 31.3 Å². The fourth-order valence-corrected chi connectivity index (χ4v) is 4.13. The quantitative estimate of drug-likeness (QED) is 0.945. The number of hydrogen-bond donors (Lipinski definition) is 1. The summed E-state index contributed by atoms with van der Waals surface area (Å²) >= 11 is 1.53. The van der Waals surface area contributed by atoms with Crippen molar-refractivity contribution in [1.82, 2.24) is 9.88 Å². The average Bonchev–Trinajstić information content (AvgIpc) is 2.89. The van der Waals surface area contributed by atoms with E-state index in [9.17, 15) is 4.79 Å². The third-order valence-corrected chi connectivity index (χ3v) is 5.50. The van der Waals surface area contributed by atoms with Gasteiger partial charge in [-0.25, -0.2) is 4.98 Å². The largest absolute Gasteiger partial charge is 0.381 e. The SMILES string of the molecule is O=C(Nc1nc2ccccc2s1)C1CCN1C1CCOCC1. The number of ether oxygens (including phenoxy) is 1. The zero-order valence-corrected chi connectivity index (χ0v) is 13.1. The molecule has 1 atom stereocenters. The van der Waals surface area contributed by atoms with Crippen molar-refractivity contribution < 1.29 is 9.53 Å². The van der Waals surface area contributed by atoms with Gasteiger partial charge in [0, 0.05) is 25.8 Å². The van der Waals surface area contributed by atoms with Crippen LogP contribution in [0.25, 0.3) is 10.2 Å². The van der Waals surface area contributed by atoms with Crippen LogP contribution in [0.3, 0.4) is 0 Å². The number of benzene rings is 1. The lowest BCUT2D eigenvalue weighted by Crippen LogP contribution is -2.59. The smallest absolute Gasteiger partial charge is 0.243 e. The van der Waals surface area contributed by atoms with Crippen LogP contribution < -0.4 is 5.32 Å². The molecule has 22 heavy (non-hydrogen) atoms. The van der Waals surface area contributed by atoms with Crippen LogP contribution in [0.2, 0.25) is 0 Å². The van der Waals surface area contributed by atoms with E-state index in [-0.39, 0.29) is 11.9 Å². The molecule has 3 heterocycles. The molecule has 2 fully saturated rings. The number of aromatic nitrogens is 1. The Labute approximate surface area is 133 Å². The van der Waals surface area contributed by atoms with Gasteiger partial charge >= 0.3 is 0 Å². The molecule has 0 radical (unpaired) electrons. The second kappa shape index (κ2) is 5.95. The number of carbonyl (C=O) groups is 1. The average molecular weight is 317 g/mol. The third-order valence-electron chi connectivity index (χ3n) is 4.55. The standard InChI is InChI=1S/C16H19N3O2S/c20-15(13-5-8-19(13)11-6-9-21-10-7-11)18-16-17-12-3-1-2-4-14(12)22-16/h1-4,11,13H,5-10H2,(H,17,18,20). The molecule has 5 nitrogen and oxygen atoms in total. The van der Waals surface area contributed by atoms with Crippen molar-refractivity contribution in [1.29, 1.82) is 0 Å². The zero-order chi connectivity index (χ0) is 14.9. The van der Waals surface area contributed by atoms with E-state index in [4.69, 9.17) is 4.74 Å². The first-order valence-corrected chi connectivity index (χ1v) is 8.63. The first-order chi connectivity index (χ1) is 10.8.